The molecule has 2 aromatic carbocycles. The zero-order valence-corrected chi connectivity index (χ0v) is 11.6. The highest BCUT2D eigenvalue weighted by Crippen LogP contribution is 2.31. The molecular formula is C16H14N4O2. The average Bonchev–Trinajstić information content (AvgIpc) is 2.50. The standard InChI is InChI=1S/C16H14N4O2/c17-15-13(9-1-5-11(21)6-2-9)19-14(16(18)20-15)10-3-7-12(22)8-4-10/h1-8,21-22H,(H4,17,18,20). The first-order valence-corrected chi connectivity index (χ1v) is 6.56. The predicted octanol–water partition coefficient (Wildman–Crippen LogP) is 2.39. The van der Waals surface area contributed by atoms with Gasteiger partial charge in [0.25, 0.3) is 0 Å². The van der Waals surface area contributed by atoms with Crippen molar-refractivity contribution in [1.82, 2.24) is 9.97 Å². The number of hydrogen-bond acceptors (Lipinski definition) is 6. The first kappa shape index (κ1) is 13.7. The van der Waals surface area contributed by atoms with Crippen molar-refractivity contribution < 1.29 is 10.2 Å². The van der Waals surface area contributed by atoms with Crippen LogP contribution in [0.15, 0.2) is 48.5 Å². The molecule has 1 aromatic heterocycles. The molecule has 0 saturated carbocycles. The highest BCUT2D eigenvalue weighted by Gasteiger charge is 2.13. The summed E-state index contributed by atoms with van der Waals surface area (Å²) in [5.41, 5.74) is 14.2. The number of anilines is 2. The van der Waals surface area contributed by atoms with E-state index in [4.69, 9.17) is 11.5 Å². The van der Waals surface area contributed by atoms with Gasteiger partial charge in [0.2, 0.25) is 0 Å². The molecule has 0 amide bonds. The second kappa shape index (κ2) is 5.25. The Kier molecular flexibility index (Phi) is 3.27. The lowest BCUT2D eigenvalue weighted by Crippen LogP contribution is -2.04. The van der Waals surface area contributed by atoms with Crippen LogP contribution >= 0.6 is 0 Å². The fourth-order valence-electron chi connectivity index (χ4n) is 2.13. The van der Waals surface area contributed by atoms with Crippen molar-refractivity contribution in [3.8, 4) is 34.0 Å². The van der Waals surface area contributed by atoms with Gasteiger partial charge in [0.05, 0.1) is 0 Å². The molecular weight excluding hydrogens is 280 g/mol. The van der Waals surface area contributed by atoms with Gasteiger partial charge >= 0.3 is 0 Å². The van der Waals surface area contributed by atoms with Crippen LogP contribution in [0.2, 0.25) is 0 Å². The second-order valence-electron chi connectivity index (χ2n) is 4.79. The van der Waals surface area contributed by atoms with Crippen molar-refractivity contribution in [2.45, 2.75) is 0 Å². The van der Waals surface area contributed by atoms with Crippen LogP contribution in [0.25, 0.3) is 22.5 Å². The Morgan fingerprint density at radius 3 is 1.32 bits per heavy atom. The van der Waals surface area contributed by atoms with Crippen LogP contribution in [0.3, 0.4) is 0 Å². The quantitative estimate of drug-likeness (QED) is 0.576. The maximum absolute atomic E-state index is 9.36. The van der Waals surface area contributed by atoms with E-state index < -0.39 is 0 Å². The number of nitrogen functional groups attached to an aromatic ring is 2. The van der Waals surface area contributed by atoms with E-state index in [1.807, 2.05) is 0 Å². The molecule has 6 N–H and O–H groups in total. The fourth-order valence-corrected chi connectivity index (χ4v) is 2.13. The van der Waals surface area contributed by atoms with E-state index >= 15 is 0 Å². The van der Waals surface area contributed by atoms with Crippen LogP contribution in [-0.2, 0) is 0 Å². The largest absolute Gasteiger partial charge is 0.508 e. The van der Waals surface area contributed by atoms with E-state index in [1.165, 1.54) is 0 Å². The lowest BCUT2D eigenvalue weighted by molar-refractivity contribution is 0.475. The SMILES string of the molecule is Nc1nc(N)c(-c2ccc(O)cc2)nc1-c1ccc(O)cc1. The number of nitrogens with two attached hydrogens (primary N) is 2. The van der Waals surface area contributed by atoms with Crippen LogP contribution in [0.1, 0.15) is 0 Å². The Balaban J connectivity index is 2.14. The molecule has 6 nitrogen and oxygen atoms in total. The van der Waals surface area contributed by atoms with Crippen LogP contribution in [0, 0.1) is 0 Å². The van der Waals surface area contributed by atoms with Gasteiger partial charge in [-0.15, -0.1) is 0 Å². The molecule has 3 rings (SSSR count). The number of hydrogen-bond donors (Lipinski definition) is 4. The number of nitrogens with zero attached hydrogens (tertiary/aromatic N) is 2. The Hall–Kier alpha value is -3.28. The van der Waals surface area contributed by atoms with Gasteiger partial charge in [-0.05, 0) is 48.5 Å². The Morgan fingerprint density at radius 2 is 0.955 bits per heavy atom. The predicted molar refractivity (Wildman–Crippen MR) is 85.1 cm³/mol. The fraction of sp³-hybridized carbons (Fsp3) is 0. The minimum absolute atomic E-state index is 0.157. The lowest BCUT2D eigenvalue weighted by Gasteiger charge is -2.10. The summed E-state index contributed by atoms with van der Waals surface area (Å²) in [5.74, 6) is 0.741. The normalized spacial score (nSPS) is 10.5. The summed E-state index contributed by atoms with van der Waals surface area (Å²) >= 11 is 0. The second-order valence-corrected chi connectivity index (χ2v) is 4.79. The van der Waals surface area contributed by atoms with Crippen molar-refractivity contribution in [3.63, 3.8) is 0 Å². The van der Waals surface area contributed by atoms with E-state index in [2.05, 4.69) is 9.97 Å². The monoisotopic (exact) mass is 294 g/mol. The van der Waals surface area contributed by atoms with Crippen molar-refractivity contribution in [1.29, 1.82) is 0 Å². The number of phenols is 2. The maximum atomic E-state index is 9.36. The molecule has 0 atom stereocenters. The molecule has 22 heavy (non-hydrogen) atoms. The number of aromatic nitrogens is 2. The summed E-state index contributed by atoms with van der Waals surface area (Å²) in [4.78, 5) is 8.64. The minimum Gasteiger partial charge on any atom is -0.508 e. The van der Waals surface area contributed by atoms with Gasteiger partial charge < -0.3 is 21.7 Å². The molecule has 0 spiro atoms. The van der Waals surface area contributed by atoms with Crippen LogP contribution in [0.5, 0.6) is 11.5 Å². The molecule has 0 radical (unpaired) electrons. The van der Waals surface area contributed by atoms with E-state index in [0.717, 1.165) is 11.1 Å². The van der Waals surface area contributed by atoms with Gasteiger partial charge in [-0.3, -0.25) is 0 Å². The zero-order chi connectivity index (χ0) is 15.7. The third-order valence-corrected chi connectivity index (χ3v) is 3.23. The van der Waals surface area contributed by atoms with E-state index in [0.29, 0.717) is 11.4 Å². The van der Waals surface area contributed by atoms with Gasteiger partial charge in [0, 0.05) is 11.1 Å². The molecule has 0 unspecified atom stereocenters. The highest BCUT2D eigenvalue weighted by atomic mass is 16.3. The number of phenolic OH excluding ortho intramolecular Hbond substituents is 2. The molecule has 6 heteroatoms. The number of aromatic hydroxyl groups is 2. The molecule has 0 saturated heterocycles. The van der Waals surface area contributed by atoms with Crippen molar-refractivity contribution in [3.05, 3.63) is 48.5 Å². The topological polar surface area (TPSA) is 118 Å². The van der Waals surface area contributed by atoms with Gasteiger partial charge in [-0.2, -0.15) is 0 Å². The third-order valence-electron chi connectivity index (χ3n) is 3.23. The van der Waals surface area contributed by atoms with Crippen LogP contribution in [0.4, 0.5) is 11.6 Å². The third kappa shape index (κ3) is 2.49. The molecule has 0 fully saturated rings. The molecule has 0 aliphatic rings. The van der Waals surface area contributed by atoms with Gasteiger partial charge in [0.1, 0.15) is 22.9 Å². The number of rotatable bonds is 2. The van der Waals surface area contributed by atoms with E-state index in [1.54, 1.807) is 48.5 Å². The summed E-state index contributed by atoms with van der Waals surface area (Å²) in [6.45, 7) is 0. The molecule has 0 aliphatic carbocycles. The van der Waals surface area contributed by atoms with Crippen molar-refractivity contribution in [2.24, 2.45) is 0 Å². The molecule has 0 aliphatic heterocycles. The zero-order valence-electron chi connectivity index (χ0n) is 11.6. The summed E-state index contributed by atoms with van der Waals surface area (Å²) < 4.78 is 0. The van der Waals surface area contributed by atoms with Gasteiger partial charge in [-0.25, -0.2) is 9.97 Å². The Morgan fingerprint density at radius 1 is 0.591 bits per heavy atom. The molecule has 110 valence electrons. The molecule has 1 heterocycles. The average molecular weight is 294 g/mol. The van der Waals surface area contributed by atoms with Crippen molar-refractivity contribution in [2.75, 3.05) is 11.5 Å². The van der Waals surface area contributed by atoms with Crippen molar-refractivity contribution >= 4 is 11.6 Å². The summed E-state index contributed by atoms with van der Waals surface area (Å²) in [7, 11) is 0. The highest BCUT2D eigenvalue weighted by molar-refractivity contribution is 5.78. The van der Waals surface area contributed by atoms with E-state index in [-0.39, 0.29) is 23.1 Å². The lowest BCUT2D eigenvalue weighted by atomic mass is 10.1. The minimum atomic E-state index is 0.157. The van der Waals surface area contributed by atoms with Gasteiger partial charge in [0.15, 0.2) is 11.6 Å². The number of benzene rings is 2. The Labute approximate surface area is 126 Å². The smallest absolute Gasteiger partial charge is 0.152 e. The summed E-state index contributed by atoms with van der Waals surface area (Å²) in [6.07, 6.45) is 0. The summed E-state index contributed by atoms with van der Waals surface area (Å²) in [6, 6.07) is 13.0. The van der Waals surface area contributed by atoms with E-state index in [9.17, 15) is 10.2 Å². The molecule has 3 aromatic rings. The first-order chi connectivity index (χ1) is 10.5. The van der Waals surface area contributed by atoms with Crippen LogP contribution in [-0.4, -0.2) is 20.2 Å². The Bertz CT molecular complexity index is 748. The molecule has 0 bridgehead atoms. The maximum Gasteiger partial charge on any atom is 0.152 e. The van der Waals surface area contributed by atoms with Gasteiger partial charge in [-0.1, -0.05) is 0 Å². The summed E-state index contributed by atoms with van der Waals surface area (Å²) in [5, 5.41) is 18.7. The van der Waals surface area contributed by atoms with Crippen LogP contribution < -0.4 is 11.5 Å². The first-order valence-electron chi connectivity index (χ1n) is 6.56.